The van der Waals surface area contributed by atoms with Crippen LogP contribution in [0.2, 0.25) is 0 Å². The van der Waals surface area contributed by atoms with Gasteiger partial charge in [0.1, 0.15) is 11.6 Å². The Morgan fingerprint density at radius 3 is 2.43 bits per heavy atom. The Bertz CT molecular complexity index is 321. The summed E-state index contributed by atoms with van der Waals surface area (Å²) >= 11 is 0. The van der Waals surface area contributed by atoms with E-state index in [-0.39, 0.29) is 24.5 Å². The topological polar surface area (TPSA) is 20.2 Å². The zero-order valence-electron chi connectivity index (χ0n) is 8.35. The lowest BCUT2D eigenvalue weighted by Gasteiger charge is -2.11. The van der Waals surface area contributed by atoms with Crippen molar-refractivity contribution >= 4 is 0 Å². The van der Waals surface area contributed by atoms with Crippen molar-refractivity contribution in [2.45, 2.75) is 26.2 Å². The summed E-state index contributed by atoms with van der Waals surface area (Å²) in [6.45, 7) is 3.45. The van der Waals surface area contributed by atoms with Crippen LogP contribution in [-0.4, -0.2) is 11.7 Å². The van der Waals surface area contributed by atoms with Gasteiger partial charge in [-0.05, 0) is 17.5 Å². The van der Waals surface area contributed by atoms with Crippen molar-refractivity contribution < 1.29 is 13.9 Å². The molecule has 0 spiro atoms. The lowest BCUT2D eigenvalue weighted by atomic mass is 9.98. The number of hydrogen-bond acceptors (Lipinski definition) is 1. The molecule has 1 nitrogen and oxygen atoms in total. The molecule has 0 unspecified atom stereocenters. The van der Waals surface area contributed by atoms with E-state index in [2.05, 4.69) is 0 Å². The predicted octanol–water partition coefficient (Wildman–Crippen LogP) is 2.62. The van der Waals surface area contributed by atoms with Crippen LogP contribution in [0, 0.1) is 11.6 Å². The van der Waals surface area contributed by atoms with Crippen LogP contribution in [0.25, 0.3) is 0 Å². The van der Waals surface area contributed by atoms with Crippen molar-refractivity contribution in [2.75, 3.05) is 6.61 Å². The molecule has 0 amide bonds. The van der Waals surface area contributed by atoms with Crippen LogP contribution in [0.15, 0.2) is 12.1 Å². The molecule has 0 heterocycles. The first kappa shape index (κ1) is 11.1. The maximum Gasteiger partial charge on any atom is 0.132 e. The molecule has 78 valence electrons. The maximum atomic E-state index is 13.6. The minimum absolute atomic E-state index is 0.0151. The SMILES string of the molecule is CC(C)c1ccc(F)c(CCO)c1F. The Kier molecular flexibility index (Phi) is 3.58. The summed E-state index contributed by atoms with van der Waals surface area (Å²) in [5, 5.41) is 8.66. The summed E-state index contributed by atoms with van der Waals surface area (Å²) < 4.78 is 26.7. The standard InChI is InChI=1S/C11H14F2O/c1-7(2)8-3-4-10(12)9(5-6-14)11(8)13/h3-4,7,14H,5-6H2,1-2H3. The van der Waals surface area contributed by atoms with Gasteiger partial charge in [-0.25, -0.2) is 8.78 Å². The summed E-state index contributed by atoms with van der Waals surface area (Å²) in [5.74, 6) is -1.08. The largest absolute Gasteiger partial charge is 0.396 e. The van der Waals surface area contributed by atoms with E-state index in [1.165, 1.54) is 12.1 Å². The van der Waals surface area contributed by atoms with Crippen LogP contribution in [0.1, 0.15) is 30.9 Å². The summed E-state index contributed by atoms with van der Waals surface area (Å²) in [6.07, 6.45) is 0.0260. The number of hydrogen-bond donors (Lipinski definition) is 1. The minimum Gasteiger partial charge on any atom is -0.396 e. The molecule has 0 saturated heterocycles. The number of halogens is 2. The van der Waals surface area contributed by atoms with Crippen LogP contribution >= 0.6 is 0 Å². The first-order chi connectivity index (χ1) is 6.57. The molecule has 1 rings (SSSR count). The highest BCUT2D eigenvalue weighted by atomic mass is 19.1. The van der Waals surface area contributed by atoms with E-state index in [0.29, 0.717) is 5.56 Å². The van der Waals surface area contributed by atoms with Gasteiger partial charge in [0.2, 0.25) is 0 Å². The van der Waals surface area contributed by atoms with Gasteiger partial charge in [0.05, 0.1) is 0 Å². The molecule has 0 bridgehead atoms. The van der Waals surface area contributed by atoms with Crippen molar-refractivity contribution in [3.63, 3.8) is 0 Å². The fourth-order valence-electron chi connectivity index (χ4n) is 1.40. The van der Waals surface area contributed by atoms with Crippen LogP contribution in [0.3, 0.4) is 0 Å². The lowest BCUT2D eigenvalue weighted by molar-refractivity contribution is 0.295. The number of aliphatic hydroxyl groups excluding tert-OH is 1. The second-order valence-electron chi connectivity index (χ2n) is 3.56. The van der Waals surface area contributed by atoms with E-state index in [0.717, 1.165) is 0 Å². The minimum atomic E-state index is -0.582. The molecule has 0 saturated carbocycles. The highest BCUT2D eigenvalue weighted by molar-refractivity contribution is 5.29. The summed E-state index contributed by atoms with van der Waals surface area (Å²) in [4.78, 5) is 0. The smallest absolute Gasteiger partial charge is 0.132 e. The fraction of sp³-hybridized carbons (Fsp3) is 0.455. The van der Waals surface area contributed by atoms with E-state index < -0.39 is 11.6 Å². The van der Waals surface area contributed by atoms with Gasteiger partial charge >= 0.3 is 0 Å². The van der Waals surface area contributed by atoms with Crippen LogP contribution in [-0.2, 0) is 6.42 Å². The predicted molar refractivity (Wildman–Crippen MR) is 51.2 cm³/mol. The zero-order chi connectivity index (χ0) is 10.7. The highest BCUT2D eigenvalue weighted by Gasteiger charge is 2.14. The van der Waals surface area contributed by atoms with Gasteiger partial charge in [0, 0.05) is 18.6 Å². The van der Waals surface area contributed by atoms with E-state index in [4.69, 9.17) is 5.11 Å². The van der Waals surface area contributed by atoms with Gasteiger partial charge in [0.15, 0.2) is 0 Å². The number of aliphatic hydroxyl groups is 1. The second kappa shape index (κ2) is 4.51. The van der Waals surface area contributed by atoms with Crippen LogP contribution in [0.4, 0.5) is 8.78 Å². The van der Waals surface area contributed by atoms with Gasteiger partial charge in [-0.15, -0.1) is 0 Å². The van der Waals surface area contributed by atoms with Crippen LogP contribution < -0.4 is 0 Å². The average molecular weight is 200 g/mol. The van der Waals surface area contributed by atoms with Gasteiger partial charge < -0.3 is 5.11 Å². The molecule has 0 atom stereocenters. The third-order valence-corrected chi connectivity index (χ3v) is 2.20. The zero-order valence-corrected chi connectivity index (χ0v) is 8.35. The average Bonchev–Trinajstić information content (AvgIpc) is 2.11. The Labute approximate surface area is 82.4 Å². The summed E-state index contributed by atoms with van der Waals surface area (Å²) in [7, 11) is 0. The Balaban J connectivity index is 3.19. The highest BCUT2D eigenvalue weighted by Crippen LogP contribution is 2.23. The van der Waals surface area contributed by atoms with Crippen molar-refractivity contribution in [2.24, 2.45) is 0 Å². The molecule has 1 N–H and O–H groups in total. The quantitative estimate of drug-likeness (QED) is 0.795. The molecule has 1 aromatic rings. The maximum absolute atomic E-state index is 13.6. The van der Waals surface area contributed by atoms with Gasteiger partial charge in [0.25, 0.3) is 0 Å². The van der Waals surface area contributed by atoms with E-state index in [1.807, 2.05) is 13.8 Å². The fourth-order valence-corrected chi connectivity index (χ4v) is 1.40. The Morgan fingerprint density at radius 1 is 1.29 bits per heavy atom. The van der Waals surface area contributed by atoms with Crippen molar-refractivity contribution in [3.05, 3.63) is 34.9 Å². The molecule has 0 aliphatic carbocycles. The van der Waals surface area contributed by atoms with Gasteiger partial charge in [-0.1, -0.05) is 19.9 Å². The molecule has 0 aliphatic rings. The normalized spacial score (nSPS) is 11.0. The monoisotopic (exact) mass is 200 g/mol. The molecule has 3 heteroatoms. The molecular formula is C11H14F2O. The van der Waals surface area contributed by atoms with Gasteiger partial charge in [-0.2, -0.15) is 0 Å². The molecule has 0 fully saturated rings. The third-order valence-electron chi connectivity index (χ3n) is 2.20. The first-order valence-corrected chi connectivity index (χ1v) is 4.65. The molecule has 0 radical (unpaired) electrons. The molecule has 0 aliphatic heterocycles. The second-order valence-corrected chi connectivity index (χ2v) is 3.56. The summed E-state index contributed by atoms with van der Waals surface area (Å²) in [5.41, 5.74) is 0.480. The Morgan fingerprint density at radius 2 is 1.93 bits per heavy atom. The van der Waals surface area contributed by atoms with Crippen molar-refractivity contribution in [1.29, 1.82) is 0 Å². The molecule has 14 heavy (non-hydrogen) atoms. The van der Waals surface area contributed by atoms with Crippen molar-refractivity contribution in [1.82, 2.24) is 0 Å². The molecule has 0 aromatic heterocycles. The first-order valence-electron chi connectivity index (χ1n) is 4.65. The van der Waals surface area contributed by atoms with Crippen molar-refractivity contribution in [3.8, 4) is 0 Å². The molecule has 1 aromatic carbocycles. The number of rotatable bonds is 3. The van der Waals surface area contributed by atoms with E-state index >= 15 is 0 Å². The lowest BCUT2D eigenvalue weighted by Crippen LogP contribution is -2.04. The Hall–Kier alpha value is -0.960. The van der Waals surface area contributed by atoms with Crippen LogP contribution in [0.5, 0.6) is 0 Å². The van der Waals surface area contributed by atoms with Gasteiger partial charge in [-0.3, -0.25) is 0 Å². The molecular weight excluding hydrogens is 186 g/mol. The van der Waals surface area contributed by atoms with E-state index in [1.54, 1.807) is 0 Å². The number of benzene rings is 1. The summed E-state index contributed by atoms with van der Waals surface area (Å²) in [6, 6.07) is 2.71. The third kappa shape index (κ3) is 2.10. The van der Waals surface area contributed by atoms with E-state index in [9.17, 15) is 8.78 Å².